The lowest BCUT2D eigenvalue weighted by Crippen LogP contribution is -2.33. The number of carbonyl (C=O) groups is 1. The second-order valence-corrected chi connectivity index (χ2v) is 4.57. The molecule has 90 valence electrons. The van der Waals surface area contributed by atoms with Gasteiger partial charge in [0.15, 0.2) is 0 Å². The van der Waals surface area contributed by atoms with Crippen molar-refractivity contribution in [1.82, 2.24) is 4.90 Å². The Labute approximate surface area is 102 Å². The monoisotopic (exact) mass is 230 g/mol. The Morgan fingerprint density at radius 3 is 2.88 bits per heavy atom. The highest BCUT2D eigenvalue weighted by Gasteiger charge is 2.32. The van der Waals surface area contributed by atoms with E-state index in [2.05, 4.69) is 6.58 Å². The van der Waals surface area contributed by atoms with E-state index in [1.807, 2.05) is 24.0 Å². The summed E-state index contributed by atoms with van der Waals surface area (Å²) in [6, 6.07) is 5.94. The average Bonchev–Trinajstić information content (AvgIpc) is 3.12. The summed E-state index contributed by atoms with van der Waals surface area (Å²) in [5, 5.41) is 0. The summed E-state index contributed by atoms with van der Waals surface area (Å²) in [5.41, 5.74) is 8.09. The molecule has 2 rings (SSSR count). The lowest BCUT2D eigenvalue weighted by Gasteiger charge is -2.21. The molecule has 0 heterocycles. The van der Waals surface area contributed by atoms with E-state index < -0.39 is 0 Å². The van der Waals surface area contributed by atoms with Crippen molar-refractivity contribution in [2.24, 2.45) is 0 Å². The molecule has 0 bridgehead atoms. The topological polar surface area (TPSA) is 46.3 Å². The summed E-state index contributed by atoms with van der Waals surface area (Å²) in [4.78, 5) is 14.2. The Balaban J connectivity index is 2.27. The van der Waals surface area contributed by atoms with E-state index in [9.17, 15) is 4.79 Å². The van der Waals surface area contributed by atoms with Gasteiger partial charge < -0.3 is 10.6 Å². The molecule has 0 aliphatic heterocycles. The number of nitrogens with two attached hydrogens (primary N) is 1. The van der Waals surface area contributed by atoms with Gasteiger partial charge in [-0.1, -0.05) is 17.7 Å². The van der Waals surface area contributed by atoms with Crippen LogP contribution in [0.3, 0.4) is 0 Å². The molecule has 0 unspecified atom stereocenters. The van der Waals surface area contributed by atoms with Crippen LogP contribution in [0.2, 0.25) is 0 Å². The van der Waals surface area contributed by atoms with Crippen molar-refractivity contribution in [3.05, 3.63) is 42.0 Å². The van der Waals surface area contributed by atoms with E-state index >= 15 is 0 Å². The zero-order valence-corrected chi connectivity index (χ0v) is 10.1. The fourth-order valence-corrected chi connectivity index (χ4v) is 1.93. The van der Waals surface area contributed by atoms with Crippen LogP contribution in [0.4, 0.5) is 5.69 Å². The summed E-state index contributed by atoms with van der Waals surface area (Å²) in [5.74, 6) is 0.0219. The van der Waals surface area contributed by atoms with Gasteiger partial charge in [0.25, 0.3) is 5.91 Å². The molecule has 17 heavy (non-hydrogen) atoms. The molecule has 0 saturated heterocycles. The van der Waals surface area contributed by atoms with Crippen molar-refractivity contribution >= 4 is 11.6 Å². The Kier molecular flexibility index (Phi) is 3.18. The van der Waals surface area contributed by atoms with Gasteiger partial charge >= 0.3 is 0 Å². The van der Waals surface area contributed by atoms with Gasteiger partial charge in [-0.2, -0.15) is 0 Å². The standard InChI is InChI=1S/C14H18N2O/c1-3-8-16(11-5-6-11)14(17)12-9-10(2)4-7-13(12)15/h3-4,7,9,11H,1,5-6,8,15H2,2H3. The van der Waals surface area contributed by atoms with Crippen LogP contribution in [0, 0.1) is 6.92 Å². The van der Waals surface area contributed by atoms with E-state index in [1.165, 1.54) is 0 Å². The molecule has 2 N–H and O–H groups in total. The first-order valence-electron chi connectivity index (χ1n) is 5.91. The van der Waals surface area contributed by atoms with Crippen molar-refractivity contribution in [2.75, 3.05) is 12.3 Å². The van der Waals surface area contributed by atoms with Gasteiger partial charge in [-0.05, 0) is 31.9 Å². The summed E-state index contributed by atoms with van der Waals surface area (Å²) < 4.78 is 0. The minimum atomic E-state index is 0.0219. The van der Waals surface area contributed by atoms with Crippen LogP contribution in [0.15, 0.2) is 30.9 Å². The molecule has 0 aromatic heterocycles. The number of aryl methyl sites for hydroxylation is 1. The van der Waals surface area contributed by atoms with Crippen LogP contribution in [0.25, 0.3) is 0 Å². The lowest BCUT2D eigenvalue weighted by molar-refractivity contribution is 0.0763. The van der Waals surface area contributed by atoms with Crippen LogP contribution < -0.4 is 5.73 Å². The van der Waals surface area contributed by atoms with E-state index in [0.29, 0.717) is 23.8 Å². The number of nitrogen functional groups attached to an aromatic ring is 1. The molecule has 0 spiro atoms. The van der Waals surface area contributed by atoms with Gasteiger partial charge in [-0.25, -0.2) is 0 Å². The minimum Gasteiger partial charge on any atom is -0.398 e. The summed E-state index contributed by atoms with van der Waals surface area (Å²) in [7, 11) is 0. The molecule has 0 radical (unpaired) electrons. The number of rotatable bonds is 4. The molecule has 1 aromatic carbocycles. The molecule has 1 saturated carbocycles. The SMILES string of the molecule is C=CCN(C(=O)c1cc(C)ccc1N)C1CC1. The summed E-state index contributed by atoms with van der Waals surface area (Å²) >= 11 is 0. The van der Waals surface area contributed by atoms with Crippen molar-refractivity contribution in [1.29, 1.82) is 0 Å². The molecular weight excluding hydrogens is 212 g/mol. The van der Waals surface area contributed by atoms with E-state index in [0.717, 1.165) is 18.4 Å². The number of carbonyl (C=O) groups excluding carboxylic acids is 1. The number of amides is 1. The number of hydrogen-bond donors (Lipinski definition) is 1. The molecule has 1 fully saturated rings. The quantitative estimate of drug-likeness (QED) is 0.637. The molecule has 3 heteroatoms. The zero-order chi connectivity index (χ0) is 12.4. The van der Waals surface area contributed by atoms with Gasteiger partial charge in [0, 0.05) is 18.3 Å². The first-order chi connectivity index (χ1) is 8.13. The fraction of sp³-hybridized carbons (Fsp3) is 0.357. The predicted octanol–water partition coefficient (Wildman–Crippen LogP) is 2.37. The van der Waals surface area contributed by atoms with Gasteiger partial charge in [0.05, 0.1) is 5.56 Å². The molecule has 1 aliphatic rings. The van der Waals surface area contributed by atoms with Crippen LogP contribution in [0.1, 0.15) is 28.8 Å². The third-order valence-electron chi connectivity index (χ3n) is 3.01. The van der Waals surface area contributed by atoms with E-state index in [-0.39, 0.29) is 5.91 Å². The lowest BCUT2D eigenvalue weighted by atomic mass is 10.1. The Hall–Kier alpha value is -1.77. The Bertz CT molecular complexity index is 450. The normalized spacial score (nSPS) is 14.4. The Morgan fingerprint density at radius 1 is 1.59 bits per heavy atom. The smallest absolute Gasteiger partial charge is 0.256 e. The van der Waals surface area contributed by atoms with E-state index in [1.54, 1.807) is 12.1 Å². The number of benzene rings is 1. The first kappa shape index (κ1) is 11.7. The van der Waals surface area contributed by atoms with Gasteiger partial charge in [-0.15, -0.1) is 6.58 Å². The second kappa shape index (κ2) is 4.62. The summed E-state index contributed by atoms with van der Waals surface area (Å²) in [6.45, 7) is 6.26. The minimum absolute atomic E-state index is 0.0219. The maximum Gasteiger partial charge on any atom is 0.256 e. The average molecular weight is 230 g/mol. The first-order valence-corrected chi connectivity index (χ1v) is 5.91. The van der Waals surface area contributed by atoms with Crippen LogP contribution >= 0.6 is 0 Å². The van der Waals surface area contributed by atoms with Crippen LogP contribution in [-0.4, -0.2) is 23.4 Å². The molecule has 3 nitrogen and oxygen atoms in total. The summed E-state index contributed by atoms with van der Waals surface area (Å²) in [6.07, 6.45) is 3.94. The molecule has 1 aromatic rings. The maximum atomic E-state index is 12.4. The maximum absolute atomic E-state index is 12.4. The fourth-order valence-electron chi connectivity index (χ4n) is 1.93. The van der Waals surface area contributed by atoms with Gasteiger partial charge in [-0.3, -0.25) is 4.79 Å². The highest BCUT2D eigenvalue weighted by Crippen LogP contribution is 2.29. The van der Waals surface area contributed by atoms with E-state index in [4.69, 9.17) is 5.73 Å². The number of nitrogens with zero attached hydrogens (tertiary/aromatic N) is 1. The molecule has 1 aliphatic carbocycles. The van der Waals surface area contributed by atoms with Crippen LogP contribution in [0.5, 0.6) is 0 Å². The largest absolute Gasteiger partial charge is 0.398 e. The molecule has 1 amide bonds. The van der Waals surface area contributed by atoms with Crippen molar-refractivity contribution in [2.45, 2.75) is 25.8 Å². The number of hydrogen-bond acceptors (Lipinski definition) is 2. The van der Waals surface area contributed by atoms with Gasteiger partial charge in [0.2, 0.25) is 0 Å². The highest BCUT2D eigenvalue weighted by molar-refractivity contribution is 5.99. The number of anilines is 1. The van der Waals surface area contributed by atoms with Crippen molar-refractivity contribution < 1.29 is 4.79 Å². The zero-order valence-electron chi connectivity index (χ0n) is 10.1. The van der Waals surface area contributed by atoms with Gasteiger partial charge in [0.1, 0.15) is 0 Å². The molecule has 0 atom stereocenters. The molecular formula is C14H18N2O. The van der Waals surface area contributed by atoms with Crippen LogP contribution in [-0.2, 0) is 0 Å². The highest BCUT2D eigenvalue weighted by atomic mass is 16.2. The van der Waals surface area contributed by atoms with Crippen molar-refractivity contribution in [3.8, 4) is 0 Å². The third-order valence-corrected chi connectivity index (χ3v) is 3.01. The predicted molar refractivity (Wildman–Crippen MR) is 69.8 cm³/mol. The Morgan fingerprint density at radius 2 is 2.29 bits per heavy atom. The third kappa shape index (κ3) is 2.49. The van der Waals surface area contributed by atoms with Crippen molar-refractivity contribution in [3.63, 3.8) is 0 Å². The second-order valence-electron chi connectivity index (χ2n) is 4.57.